The molecule has 12 heteroatoms. The van der Waals surface area contributed by atoms with Gasteiger partial charge in [0, 0.05) is 12.5 Å². The van der Waals surface area contributed by atoms with E-state index in [1.807, 2.05) is 6.92 Å². The average molecular weight is 568 g/mol. The van der Waals surface area contributed by atoms with E-state index in [1.54, 1.807) is 34.6 Å². The quantitative estimate of drug-likeness (QED) is 0.137. The van der Waals surface area contributed by atoms with Crippen molar-refractivity contribution < 1.29 is 52.7 Å². The molecule has 1 aromatic rings. The number of nitrogens with one attached hydrogen (secondary N) is 1. The van der Waals surface area contributed by atoms with Crippen molar-refractivity contribution >= 4 is 24.4 Å². The summed E-state index contributed by atoms with van der Waals surface area (Å²) < 4.78 is 31.4. The number of rotatable bonds is 12. The number of aliphatic carboxylic acids is 1. The van der Waals surface area contributed by atoms with Crippen LogP contribution >= 0.6 is 0 Å². The maximum absolute atomic E-state index is 12.8. The van der Waals surface area contributed by atoms with E-state index in [9.17, 15) is 24.3 Å². The van der Waals surface area contributed by atoms with Gasteiger partial charge >= 0.3 is 24.4 Å². The standard InChI is InChI=1S/C28H41NO11/c1-7-19(6)29-28(24(30)31,40-27(34)37-21-11-9-8-10-12-21)16-20-13-14-22(38-25(32)35-17(2)3)23(15-20)39-26(33)36-18(4)5/h13-15,17-19,21,29H,7-12,16H2,1-6H3,(H,30,31)/t19?,28-/m0/s1. The van der Waals surface area contributed by atoms with Crippen LogP contribution in [0.1, 0.15) is 85.6 Å². The van der Waals surface area contributed by atoms with Gasteiger partial charge in [-0.15, -0.1) is 0 Å². The van der Waals surface area contributed by atoms with Gasteiger partial charge in [-0.05, 0) is 84.4 Å². The van der Waals surface area contributed by atoms with Crippen LogP contribution in [0.2, 0.25) is 0 Å². The maximum atomic E-state index is 12.8. The number of hydrogen-bond acceptors (Lipinski definition) is 11. The second kappa shape index (κ2) is 15.3. The fraction of sp³-hybridized carbons (Fsp3) is 0.643. The molecule has 0 spiro atoms. The average Bonchev–Trinajstić information content (AvgIpc) is 2.84. The predicted octanol–water partition coefficient (Wildman–Crippen LogP) is 5.73. The molecule has 0 bridgehead atoms. The monoisotopic (exact) mass is 567 g/mol. The number of carboxylic acid groups (broad SMARTS) is 1. The van der Waals surface area contributed by atoms with E-state index >= 15 is 0 Å². The molecule has 40 heavy (non-hydrogen) atoms. The first-order valence-corrected chi connectivity index (χ1v) is 13.6. The Balaban J connectivity index is 2.40. The zero-order chi connectivity index (χ0) is 29.9. The third kappa shape index (κ3) is 10.6. The van der Waals surface area contributed by atoms with Crippen LogP contribution in [0.5, 0.6) is 11.5 Å². The summed E-state index contributed by atoms with van der Waals surface area (Å²) in [4.78, 5) is 49.7. The highest BCUT2D eigenvalue weighted by molar-refractivity contribution is 5.80. The molecule has 0 heterocycles. The Kier molecular flexibility index (Phi) is 12.5. The van der Waals surface area contributed by atoms with Crippen molar-refractivity contribution in [2.24, 2.45) is 0 Å². The van der Waals surface area contributed by atoms with Crippen molar-refractivity contribution in [3.05, 3.63) is 23.8 Å². The number of carboxylic acids is 1. The first-order valence-electron chi connectivity index (χ1n) is 13.6. The molecule has 1 unspecified atom stereocenters. The van der Waals surface area contributed by atoms with E-state index in [-0.39, 0.29) is 35.6 Å². The Morgan fingerprint density at radius 2 is 1.48 bits per heavy atom. The molecule has 12 nitrogen and oxygen atoms in total. The van der Waals surface area contributed by atoms with E-state index in [4.69, 9.17) is 28.4 Å². The molecule has 1 fully saturated rings. The highest BCUT2D eigenvalue weighted by Gasteiger charge is 2.45. The van der Waals surface area contributed by atoms with Gasteiger partial charge in [0.25, 0.3) is 5.72 Å². The summed E-state index contributed by atoms with van der Waals surface area (Å²) in [5.74, 6) is -1.84. The summed E-state index contributed by atoms with van der Waals surface area (Å²) in [5.41, 5.74) is -1.93. The van der Waals surface area contributed by atoms with Gasteiger partial charge in [-0.1, -0.05) is 19.4 Å². The molecule has 0 saturated heterocycles. The molecule has 2 N–H and O–H groups in total. The van der Waals surface area contributed by atoms with Gasteiger partial charge in [0.15, 0.2) is 11.5 Å². The number of ether oxygens (including phenoxy) is 6. The highest BCUT2D eigenvalue weighted by atomic mass is 16.8. The molecule has 2 rings (SSSR count). The summed E-state index contributed by atoms with van der Waals surface area (Å²) in [6.07, 6.45) is -0.0942. The minimum atomic E-state index is -2.21. The Morgan fingerprint density at radius 1 is 0.900 bits per heavy atom. The van der Waals surface area contributed by atoms with E-state index in [2.05, 4.69) is 5.32 Å². The fourth-order valence-corrected chi connectivity index (χ4v) is 4.01. The lowest BCUT2D eigenvalue weighted by atomic mass is 9.98. The molecule has 1 aliphatic carbocycles. The SMILES string of the molecule is CCC(C)N[C@@](Cc1ccc(OC(=O)OC(C)C)c(OC(=O)OC(C)C)c1)(OC(=O)OC1CCCCC1)C(=O)O. The minimum Gasteiger partial charge on any atom is -0.477 e. The van der Waals surface area contributed by atoms with Crippen LogP contribution in [0.15, 0.2) is 18.2 Å². The Hall–Kier alpha value is -3.54. The molecule has 1 aliphatic rings. The van der Waals surface area contributed by atoms with E-state index < -0.39 is 42.4 Å². The Labute approximate surface area is 234 Å². The molecule has 0 radical (unpaired) electrons. The molecule has 0 aromatic heterocycles. The lowest BCUT2D eigenvalue weighted by Gasteiger charge is -2.33. The van der Waals surface area contributed by atoms with E-state index in [0.717, 1.165) is 19.3 Å². The summed E-state index contributed by atoms with van der Waals surface area (Å²) in [7, 11) is 0. The predicted molar refractivity (Wildman–Crippen MR) is 142 cm³/mol. The first-order chi connectivity index (χ1) is 18.8. The maximum Gasteiger partial charge on any atom is 0.514 e. The molecule has 0 amide bonds. The molecule has 1 saturated carbocycles. The zero-order valence-corrected chi connectivity index (χ0v) is 24.0. The van der Waals surface area contributed by atoms with Gasteiger partial charge in [0.1, 0.15) is 6.10 Å². The summed E-state index contributed by atoms with van der Waals surface area (Å²) in [5, 5.41) is 13.2. The third-order valence-corrected chi connectivity index (χ3v) is 6.02. The largest absolute Gasteiger partial charge is 0.514 e. The Bertz CT molecular complexity index is 1020. The van der Waals surface area contributed by atoms with Crippen molar-refractivity contribution in [1.29, 1.82) is 0 Å². The molecular formula is C28H41NO11. The van der Waals surface area contributed by atoms with Crippen LogP contribution in [-0.2, 0) is 30.2 Å². The number of benzene rings is 1. The summed E-state index contributed by atoms with van der Waals surface area (Å²) in [6, 6.07) is 3.70. The van der Waals surface area contributed by atoms with Crippen LogP contribution in [-0.4, -0.2) is 59.6 Å². The number of hydrogen-bond donors (Lipinski definition) is 2. The molecular weight excluding hydrogens is 526 g/mol. The summed E-state index contributed by atoms with van der Waals surface area (Å²) in [6.45, 7) is 10.1. The van der Waals surface area contributed by atoms with E-state index in [1.165, 1.54) is 18.2 Å². The van der Waals surface area contributed by atoms with Crippen LogP contribution in [0.3, 0.4) is 0 Å². The van der Waals surface area contributed by atoms with Gasteiger partial charge in [-0.2, -0.15) is 0 Å². The van der Waals surface area contributed by atoms with Gasteiger partial charge in [-0.25, -0.2) is 19.2 Å². The third-order valence-electron chi connectivity index (χ3n) is 6.02. The number of carbonyl (C=O) groups excluding carboxylic acids is 3. The molecule has 1 aromatic carbocycles. The van der Waals surface area contributed by atoms with Crippen LogP contribution < -0.4 is 14.8 Å². The lowest BCUT2D eigenvalue weighted by Crippen LogP contribution is -2.59. The molecule has 0 aliphatic heterocycles. The molecule has 224 valence electrons. The van der Waals surface area contributed by atoms with Crippen LogP contribution in [0.4, 0.5) is 14.4 Å². The van der Waals surface area contributed by atoms with Crippen molar-refractivity contribution in [2.75, 3.05) is 0 Å². The van der Waals surface area contributed by atoms with Gasteiger partial charge < -0.3 is 33.5 Å². The topological polar surface area (TPSA) is 156 Å². The smallest absolute Gasteiger partial charge is 0.477 e. The minimum absolute atomic E-state index is 0.163. The highest BCUT2D eigenvalue weighted by Crippen LogP contribution is 2.32. The molecule has 2 atom stereocenters. The van der Waals surface area contributed by atoms with Crippen molar-refractivity contribution in [1.82, 2.24) is 5.32 Å². The number of carbonyl (C=O) groups is 4. The van der Waals surface area contributed by atoms with Gasteiger partial charge in [0.2, 0.25) is 0 Å². The first kappa shape index (κ1) is 32.7. The van der Waals surface area contributed by atoms with Gasteiger partial charge in [0.05, 0.1) is 12.2 Å². The Morgan fingerprint density at radius 3 is 2.00 bits per heavy atom. The van der Waals surface area contributed by atoms with Gasteiger partial charge in [-0.3, -0.25) is 5.32 Å². The van der Waals surface area contributed by atoms with Crippen molar-refractivity contribution in [2.45, 2.75) is 117 Å². The second-order valence-corrected chi connectivity index (χ2v) is 10.3. The lowest BCUT2D eigenvalue weighted by molar-refractivity contribution is -0.168. The summed E-state index contributed by atoms with van der Waals surface area (Å²) >= 11 is 0. The normalized spacial score (nSPS) is 16.0. The van der Waals surface area contributed by atoms with Crippen LogP contribution in [0, 0.1) is 0 Å². The van der Waals surface area contributed by atoms with Crippen molar-refractivity contribution in [3.8, 4) is 11.5 Å². The van der Waals surface area contributed by atoms with E-state index in [0.29, 0.717) is 19.3 Å². The second-order valence-electron chi connectivity index (χ2n) is 10.3. The zero-order valence-electron chi connectivity index (χ0n) is 24.0. The fourth-order valence-electron chi connectivity index (χ4n) is 4.01. The van der Waals surface area contributed by atoms with Crippen molar-refractivity contribution in [3.63, 3.8) is 0 Å². The van der Waals surface area contributed by atoms with Crippen LogP contribution in [0.25, 0.3) is 0 Å².